The maximum atomic E-state index is 13.9. The van der Waals surface area contributed by atoms with Crippen molar-refractivity contribution in [2.24, 2.45) is 0 Å². The third kappa shape index (κ3) is 3.29. The van der Waals surface area contributed by atoms with Gasteiger partial charge in [0, 0.05) is 24.3 Å². The molecule has 2 rings (SSSR count). The summed E-state index contributed by atoms with van der Waals surface area (Å²) in [5, 5.41) is 3.25. The zero-order chi connectivity index (χ0) is 13.7. The van der Waals surface area contributed by atoms with Crippen LogP contribution in [0.3, 0.4) is 0 Å². The van der Waals surface area contributed by atoms with Crippen LogP contribution in [-0.2, 0) is 6.54 Å². The Balaban J connectivity index is 2.03. The number of pyridine rings is 1. The number of halogens is 1. The van der Waals surface area contributed by atoms with E-state index in [0.717, 1.165) is 5.69 Å². The smallest absolute Gasteiger partial charge is 0.169 e. The van der Waals surface area contributed by atoms with Crippen LogP contribution >= 0.6 is 0 Å². The average Bonchev–Trinajstić information content (AvgIpc) is 2.47. The minimum Gasteiger partial charge on any atom is -0.494 e. The van der Waals surface area contributed by atoms with Gasteiger partial charge in [0.2, 0.25) is 0 Å². The van der Waals surface area contributed by atoms with Gasteiger partial charge in [-0.1, -0.05) is 18.2 Å². The van der Waals surface area contributed by atoms with Crippen molar-refractivity contribution in [2.75, 3.05) is 7.11 Å². The van der Waals surface area contributed by atoms with Gasteiger partial charge < -0.3 is 10.1 Å². The Labute approximate surface area is 112 Å². The molecule has 19 heavy (non-hydrogen) atoms. The van der Waals surface area contributed by atoms with Gasteiger partial charge in [0.25, 0.3) is 0 Å². The van der Waals surface area contributed by atoms with Crippen LogP contribution in [0.1, 0.15) is 24.2 Å². The number of ether oxygens (including phenoxy) is 1. The molecule has 2 aromatic rings. The Bertz CT molecular complexity index is 531. The highest BCUT2D eigenvalue weighted by Crippen LogP contribution is 2.20. The van der Waals surface area contributed by atoms with Gasteiger partial charge >= 0.3 is 0 Å². The molecule has 0 radical (unpaired) electrons. The summed E-state index contributed by atoms with van der Waals surface area (Å²) < 4.78 is 18.9. The lowest BCUT2D eigenvalue weighted by Gasteiger charge is -2.14. The second-order valence-electron chi connectivity index (χ2n) is 4.29. The van der Waals surface area contributed by atoms with Gasteiger partial charge in [-0.15, -0.1) is 0 Å². The number of hydrogen-bond donors (Lipinski definition) is 1. The minimum absolute atomic E-state index is 0.0619. The number of nitrogens with zero attached hydrogens (tertiary/aromatic N) is 1. The summed E-state index contributed by atoms with van der Waals surface area (Å²) in [5.74, 6) is -0.0458. The Kier molecular flexibility index (Phi) is 4.47. The highest BCUT2D eigenvalue weighted by molar-refractivity contribution is 5.31. The van der Waals surface area contributed by atoms with E-state index in [0.29, 0.717) is 12.1 Å². The van der Waals surface area contributed by atoms with E-state index < -0.39 is 0 Å². The van der Waals surface area contributed by atoms with Crippen LogP contribution < -0.4 is 10.1 Å². The summed E-state index contributed by atoms with van der Waals surface area (Å²) >= 11 is 0. The summed E-state index contributed by atoms with van der Waals surface area (Å²) in [6.45, 7) is 2.43. The molecule has 0 saturated carbocycles. The van der Waals surface area contributed by atoms with Crippen molar-refractivity contribution >= 4 is 0 Å². The first kappa shape index (κ1) is 13.5. The van der Waals surface area contributed by atoms with E-state index in [1.807, 2.05) is 25.1 Å². The first-order valence-corrected chi connectivity index (χ1v) is 6.18. The van der Waals surface area contributed by atoms with E-state index in [2.05, 4.69) is 10.3 Å². The first-order valence-electron chi connectivity index (χ1n) is 6.18. The minimum atomic E-state index is -0.314. The Morgan fingerprint density at radius 1 is 1.26 bits per heavy atom. The van der Waals surface area contributed by atoms with Crippen LogP contribution in [0.5, 0.6) is 5.75 Å². The van der Waals surface area contributed by atoms with Gasteiger partial charge in [-0.05, 0) is 25.1 Å². The summed E-state index contributed by atoms with van der Waals surface area (Å²) in [6, 6.07) is 11.0. The van der Waals surface area contributed by atoms with Crippen molar-refractivity contribution in [3.63, 3.8) is 0 Å². The molecule has 1 N–H and O–H groups in total. The van der Waals surface area contributed by atoms with Gasteiger partial charge in [0.05, 0.1) is 12.8 Å². The standard InChI is InChI=1S/C15H17FN2O/c1-11(13-7-3-4-9-17-13)18-10-12-6-5-8-14(19-2)15(12)16/h3-9,11,18H,10H2,1-2H3/t11-/m1/s1. The van der Waals surface area contributed by atoms with Crippen molar-refractivity contribution < 1.29 is 9.13 Å². The molecule has 1 heterocycles. The molecule has 100 valence electrons. The Hall–Kier alpha value is -1.94. The molecule has 1 aromatic carbocycles. The van der Waals surface area contributed by atoms with Crippen LogP contribution in [0.4, 0.5) is 4.39 Å². The van der Waals surface area contributed by atoms with Crippen molar-refractivity contribution in [2.45, 2.75) is 19.5 Å². The molecule has 1 atom stereocenters. The summed E-state index contributed by atoms with van der Waals surface area (Å²) in [4.78, 5) is 4.27. The molecule has 0 fully saturated rings. The molecule has 0 aliphatic rings. The van der Waals surface area contributed by atoms with Gasteiger partial charge in [-0.3, -0.25) is 4.98 Å². The molecule has 0 amide bonds. The molecule has 0 unspecified atom stereocenters. The van der Waals surface area contributed by atoms with E-state index in [-0.39, 0.29) is 17.6 Å². The molecule has 1 aromatic heterocycles. The van der Waals surface area contributed by atoms with E-state index in [9.17, 15) is 4.39 Å². The summed E-state index contributed by atoms with van der Waals surface area (Å²) in [7, 11) is 1.46. The predicted octanol–water partition coefficient (Wildman–Crippen LogP) is 3.08. The fraction of sp³-hybridized carbons (Fsp3) is 0.267. The van der Waals surface area contributed by atoms with Gasteiger partial charge in [0.15, 0.2) is 11.6 Å². The molecular weight excluding hydrogens is 243 g/mol. The SMILES string of the molecule is COc1cccc(CN[C@H](C)c2ccccn2)c1F. The molecule has 4 heteroatoms. The van der Waals surface area contributed by atoms with Crippen molar-refractivity contribution in [3.8, 4) is 5.75 Å². The van der Waals surface area contributed by atoms with Crippen LogP contribution in [-0.4, -0.2) is 12.1 Å². The fourth-order valence-corrected chi connectivity index (χ4v) is 1.85. The van der Waals surface area contributed by atoms with Crippen molar-refractivity contribution in [1.29, 1.82) is 0 Å². The molecule has 0 saturated heterocycles. The van der Waals surface area contributed by atoms with E-state index >= 15 is 0 Å². The van der Waals surface area contributed by atoms with E-state index in [4.69, 9.17) is 4.74 Å². The van der Waals surface area contributed by atoms with Crippen molar-refractivity contribution in [1.82, 2.24) is 10.3 Å². The van der Waals surface area contributed by atoms with Crippen LogP contribution in [0, 0.1) is 5.82 Å². The molecular formula is C15H17FN2O. The second-order valence-corrected chi connectivity index (χ2v) is 4.29. The normalized spacial score (nSPS) is 12.2. The lowest BCUT2D eigenvalue weighted by Crippen LogP contribution is -2.19. The third-order valence-corrected chi connectivity index (χ3v) is 2.99. The summed E-state index contributed by atoms with van der Waals surface area (Å²) in [5.41, 5.74) is 1.52. The maximum Gasteiger partial charge on any atom is 0.169 e. The van der Waals surface area contributed by atoms with Crippen LogP contribution in [0.2, 0.25) is 0 Å². The van der Waals surface area contributed by atoms with Crippen LogP contribution in [0.15, 0.2) is 42.6 Å². The van der Waals surface area contributed by atoms with Gasteiger partial charge in [0.1, 0.15) is 0 Å². The number of nitrogens with one attached hydrogen (secondary N) is 1. The third-order valence-electron chi connectivity index (χ3n) is 2.99. The molecule has 0 aliphatic carbocycles. The number of hydrogen-bond acceptors (Lipinski definition) is 3. The topological polar surface area (TPSA) is 34.1 Å². The zero-order valence-corrected chi connectivity index (χ0v) is 11.1. The number of rotatable bonds is 5. The quantitative estimate of drug-likeness (QED) is 0.897. The molecule has 0 bridgehead atoms. The van der Waals surface area contributed by atoms with Gasteiger partial charge in [-0.2, -0.15) is 0 Å². The zero-order valence-electron chi connectivity index (χ0n) is 11.1. The van der Waals surface area contributed by atoms with Crippen molar-refractivity contribution in [3.05, 3.63) is 59.7 Å². The number of benzene rings is 1. The van der Waals surface area contributed by atoms with E-state index in [1.165, 1.54) is 7.11 Å². The second kappa shape index (κ2) is 6.29. The number of methoxy groups -OCH3 is 1. The lowest BCUT2D eigenvalue weighted by atomic mass is 10.1. The highest BCUT2D eigenvalue weighted by Gasteiger charge is 2.10. The van der Waals surface area contributed by atoms with E-state index in [1.54, 1.807) is 24.4 Å². The van der Waals surface area contributed by atoms with Gasteiger partial charge in [-0.25, -0.2) is 4.39 Å². The Morgan fingerprint density at radius 2 is 2.11 bits per heavy atom. The maximum absolute atomic E-state index is 13.9. The monoisotopic (exact) mass is 260 g/mol. The lowest BCUT2D eigenvalue weighted by molar-refractivity contribution is 0.382. The average molecular weight is 260 g/mol. The molecule has 0 aliphatic heterocycles. The fourth-order valence-electron chi connectivity index (χ4n) is 1.85. The molecule has 3 nitrogen and oxygen atoms in total. The highest BCUT2D eigenvalue weighted by atomic mass is 19.1. The first-order chi connectivity index (χ1) is 9.22. The largest absolute Gasteiger partial charge is 0.494 e. The van der Waals surface area contributed by atoms with Crippen LogP contribution in [0.25, 0.3) is 0 Å². The summed E-state index contributed by atoms with van der Waals surface area (Å²) in [6.07, 6.45) is 1.75. The molecule has 0 spiro atoms. The predicted molar refractivity (Wildman–Crippen MR) is 72.4 cm³/mol. The Morgan fingerprint density at radius 3 is 2.79 bits per heavy atom. The number of aromatic nitrogens is 1.